The summed E-state index contributed by atoms with van der Waals surface area (Å²) in [5.74, 6) is -0.432. The molecule has 0 N–H and O–H groups in total. The number of carbonyl (C=O) groups is 1. The average molecular weight is 233 g/mol. The molecule has 5 nitrogen and oxygen atoms in total. The van der Waals surface area contributed by atoms with Crippen LogP contribution in [0.5, 0.6) is 0 Å². The van der Waals surface area contributed by atoms with Crippen molar-refractivity contribution in [2.75, 3.05) is 20.2 Å². The molecule has 0 unspecified atom stereocenters. The first-order valence-corrected chi connectivity index (χ1v) is 5.19. The molecular formula is C12H15N3O2. The van der Waals surface area contributed by atoms with Crippen LogP contribution >= 0.6 is 0 Å². The summed E-state index contributed by atoms with van der Waals surface area (Å²) in [5.41, 5.74) is 0.780. The smallest absolute Gasteiger partial charge is 0.330 e. The summed E-state index contributed by atoms with van der Waals surface area (Å²) in [6, 6.07) is 9.40. The summed E-state index contributed by atoms with van der Waals surface area (Å²) in [4.78, 5) is 10.8. The third-order valence-corrected chi connectivity index (χ3v) is 1.89. The Balaban J connectivity index is 2.29. The number of esters is 1. The first-order valence-electron chi connectivity index (χ1n) is 5.19. The average Bonchev–Trinajstić information content (AvgIpc) is 2.37. The van der Waals surface area contributed by atoms with Gasteiger partial charge in [0, 0.05) is 13.1 Å². The maximum atomic E-state index is 10.8. The van der Waals surface area contributed by atoms with E-state index in [0.717, 1.165) is 11.8 Å². The lowest BCUT2D eigenvalue weighted by molar-refractivity contribution is -0.138. The first kappa shape index (κ1) is 12.9. The number of nitrogens with zero attached hydrogens (tertiary/aromatic N) is 3. The van der Waals surface area contributed by atoms with E-state index in [1.54, 1.807) is 12.1 Å². The van der Waals surface area contributed by atoms with Gasteiger partial charge in [0.25, 0.3) is 0 Å². The van der Waals surface area contributed by atoms with Gasteiger partial charge in [-0.1, -0.05) is 30.0 Å². The van der Waals surface area contributed by atoms with Crippen molar-refractivity contribution in [1.29, 1.82) is 0 Å². The molecule has 1 rings (SSSR count). The van der Waals surface area contributed by atoms with Crippen LogP contribution in [-0.4, -0.2) is 31.2 Å². The number of rotatable bonds is 6. The van der Waals surface area contributed by atoms with Gasteiger partial charge in [-0.3, -0.25) is 5.01 Å². The van der Waals surface area contributed by atoms with Crippen molar-refractivity contribution in [2.24, 2.45) is 10.3 Å². The van der Waals surface area contributed by atoms with Crippen LogP contribution in [0.25, 0.3) is 0 Å². The molecule has 1 aromatic carbocycles. The molecule has 0 saturated heterocycles. The Labute approximate surface area is 100 Å². The van der Waals surface area contributed by atoms with Crippen LogP contribution in [0.4, 0.5) is 5.69 Å². The molecule has 0 radical (unpaired) electrons. The van der Waals surface area contributed by atoms with Crippen LogP contribution in [0, 0.1) is 0 Å². The molecule has 5 heteroatoms. The standard InChI is InChI=1S/C12H15N3O2/c1-3-12(16)17-10-9-15(2)14-13-11-7-5-4-6-8-11/h3-8H,1,9-10H2,2H3. The van der Waals surface area contributed by atoms with Crippen molar-refractivity contribution in [2.45, 2.75) is 0 Å². The van der Waals surface area contributed by atoms with Gasteiger partial charge in [-0.05, 0) is 12.1 Å². The van der Waals surface area contributed by atoms with E-state index in [1.807, 2.05) is 30.3 Å². The van der Waals surface area contributed by atoms with E-state index in [1.165, 1.54) is 0 Å². The summed E-state index contributed by atoms with van der Waals surface area (Å²) >= 11 is 0. The van der Waals surface area contributed by atoms with Crippen molar-refractivity contribution < 1.29 is 9.53 Å². The topological polar surface area (TPSA) is 54.3 Å². The van der Waals surface area contributed by atoms with E-state index in [4.69, 9.17) is 4.74 Å². The van der Waals surface area contributed by atoms with E-state index < -0.39 is 5.97 Å². The van der Waals surface area contributed by atoms with Crippen LogP contribution < -0.4 is 0 Å². The molecule has 0 fully saturated rings. The van der Waals surface area contributed by atoms with Crippen LogP contribution in [0.1, 0.15) is 0 Å². The maximum Gasteiger partial charge on any atom is 0.330 e. The third kappa shape index (κ3) is 5.46. The van der Waals surface area contributed by atoms with Gasteiger partial charge in [-0.25, -0.2) is 4.79 Å². The van der Waals surface area contributed by atoms with E-state index in [-0.39, 0.29) is 6.61 Å². The predicted molar refractivity (Wildman–Crippen MR) is 64.7 cm³/mol. The zero-order valence-corrected chi connectivity index (χ0v) is 9.74. The largest absolute Gasteiger partial charge is 0.461 e. The van der Waals surface area contributed by atoms with Crippen LogP contribution in [0.15, 0.2) is 53.3 Å². The van der Waals surface area contributed by atoms with E-state index >= 15 is 0 Å². The summed E-state index contributed by atoms with van der Waals surface area (Å²) in [6.07, 6.45) is 1.13. The molecule has 0 atom stereocenters. The summed E-state index contributed by atoms with van der Waals surface area (Å²) in [7, 11) is 1.76. The van der Waals surface area contributed by atoms with Gasteiger partial charge < -0.3 is 4.74 Å². The summed E-state index contributed by atoms with van der Waals surface area (Å²) in [5, 5.41) is 9.57. The van der Waals surface area contributed by atoms with Gasteiger partial charge in [0.1, 0.15) is 6.61 Å². The molecule has 0 spiro atoms. The molecule has 17 heavy (non-hydrogen) atoms. The van der Waals surface area contributed by atoms with E-state index in [9.17, 15) is 4.79 Å². The number of carbonyl (C=O) groups excluding carboxylic acids is 1. The predicted octanol–water partition coefficient (Wildman–Crippen LogP) is 2.35. The number of benzene rings is 1. The fourth-order valence-corrected chi connectivity index (χ4v) is 1.00. The Morgan fingerprint density at radius 2 is 2.18 bits per heavy atom. The quantitative estimate of drug-likeness (QED) is 0.328. The highest BCUT2D eigenvalue weighted by Gasteiger charge is 1.97. The van der Waals surface area contributed by atoms with Crippen LogP contribution in [-0.2, 0) is 9.53 Å². The van der Waals surface area contributed by atoms with Crippen molar-refractivity contribution >= 4 is 11.7 Å². The highest BCUT2D eigenvalue weighted by Crippen LogP contribution is 2.10. The molecular weight excluding hydrogens is 218 g/mol. The highest BCUT2D eigenvalue weighted by atomic mass is 16.5. The van der Waals surface area contributed by atoms with E-state index in [2.05, 4.69) is 16.9 Å². The number of likely N-dealkylation sites (N-methyl/N-ethyl adjacent to an activating group) is 1. The maximum absolute atomic E-state index is 10.8. The fourth-order valence-electron chi connectivity index (χ4n) is 1.00. The second-order valence-electron chi connectivity index (χ2n) is 3.28. The van der Waals surface area contributed by atoms with Gasteiger partial charge in [0.2, 0.25) is 0 Å². The number of hydrogen-bond acceptors (Lipinski definition) is 4. The Bertz CT molecular complexity index is 390. The zero-order chi connectivity index (χ0) is 12.5. The Morgan fingerprint density at radius 1 is 1.47 bits per heavy atom. The molecule has 0 bridgehead atoms. The minimum absolute atomic E-state index is 0.259. The number of ether oxygens (including phenoxy) is 1. The molecule has 0 aliphatic heterocycles. The number of hydrogen-bond donors (Lipinski definition) is 0. The van der Waals surface area contributed by atoms with Gasteiger partial charge >= 0.3 is 5.97 Å². The van der Waals surface area contributed by atoms with Crippen molar-refractivity contribution in [3.63, 3.8) is 0 Å². The normalized spacial score (nSPS) is 10.2. The van der Waals surface area contributed by atoms with Crippen molar-refractivity contribution in [1.82, 2.24) is 5.01 Å². The van der Waals surface area contributed by atoms with Crippen molar-refractivity contribution in [3.8, 4) is 0 Å². The Morgan fingerprint density at radius 3 is 2.82 bits per heavy atom. The summed E-state index contributed by atoms with van der Waals surface area (Å²) < 4.78 is 4.81. The van der Waals surface area contributed by atoms with Gasteiger partial charge in [0.15, 0.2) is 0 Å². The molecule has 0 amide bonds. The fraction of sp³-hybridized carbons (Fsp3) is 0.250. The monoisotopic (exact) mass is 233 g/mol. The lowest BCUT2D eigenvalue weighted by Crippen LogP contribution is -2.18. The molecule has 0 heterocycles. The first-order chi connectivity index (χ1) is 8.22. The molecule has 0 saturated carbocycles. The second kappa shape index (κ2) is 7.16. The molecule has 90 valence electrons. The minimum atomic E-state index is -0.432. The van der Waals surface area contributed by atoms with Crippen LogP contribution in [0.3, 0.4) is 0 Å². The molecule has 0 aliphatic carbocycles. The second-order valence-corrected chi connectivity index (χ2v) is 3.28. The highest BCUT2D eigenvalue weighted by molar-refractivity contribution is 5.81. The van der Waals surface area contributed by atoms with Gasteiger partial charge in [0.05, 0.1) is 12.2 Å². The van der Waals surface area contributed by atoms with Crippen LogP contribution in [0.2, 0.25) is 0 Å². The molecule has 0 aliphatic rings. The lowest BCUT2D eigenvalue weighted by atomic mass is 10.3. The van der Waals surface area contributed by atoms with Gasteiger partial charge in [-0.2, -0.15) is 0 Å². The van der Waals surface area contributed by atoms with Gasteiger partial charge in [-0.15, -0.1) is 5.11 Å². The zero-order valence-electron chi connectivity index (χ0n) is 9.74. The minimum Gasteiger partial charge on any atom is -0.461 e. The Kier molecular flexibility index (Phi) is 5.43. The Hall–Kier alpha value is -2.17. The summed E-state index contributed by atoms with van der Waals surface area (Å²) in [6.45, 7) is 4.05. The third-order valence-electron chi connectivity index (χ3n) is 1.89. The SMILES string of the molecule is C=CC(=O)OCCN(C)N=Nc1ccccc1. The lowest BCUT2D eigenvalue weighted by Gasteiger charge is -2.10. The van der Waals surface area contributed by atoms with Crippen molar-refractivity contribution in [3.05, 3.63) is 43.0 Å². The van der Waals surface area contributed by atoms with E-state index in [0.29, 0.717) is 6.54 Å². The molecule has 1 aromatic rings. The molecule has 0 aromatic heterocycles.